The molecule has 0 atom stereocenters. The zero-order chi connectivity index (χ0) is 39.4. The van der Waals surface area contributed by atoms with Crippen LogP contribution in [0.4, 0.5) is 17.1 Å². The van der Waals surface area contributed by atoms with E-state index >= 15 is 0 Å². The van der Waals surface area contributed by atoms with Crippen LogP contribution in [-0.2, 0) is 5.41 Å². The number of para-hydroxylation sites is 4. The van der Waals surface area contributed by atoms with E-state index in [0.717, 1.165) is 34.6 Å². The number of fused-ring (bicyclic) bond motifs is 6. The van der Waals surface area contributed by atoms with E-state index in [0.29, 0.717) is 11.8 Å². The molecule has 5 aliphatic rings. The van der Waals surface area contributed by atoms with Gasteiger partial charge in [-0.2, -0.15) is 0 Å². The molecule has 1 aromatic heterocycles. The lowest BCUT2D eigenvalue weighted by atomic mass is 9.43. The van der Waals surface area contributed by atoms with Crippen molar-refractivity contribution in [3.05, 3.63) is 205 Å². The Morgan fingerprint density at radius 3 is 1.70 bits per heavy atom. The minimum Gasteiger partial charge on any atom is -0.310 e. The largest absolute Gasteiger partial charge is 0.310 e. The Bertz CT molecular complexity index is 3040. The molecule has 0 saturated heterocycles. The summed E-state index contributed by atoms with van der Waals surface area (Å²) in [5.74, 6) is 3.25. The van der Waals surface area contributed by atoms with Gasteiger partial charge in [0.2, 0.25) is 0 Å². The highest BCUT2D eigenvalue weighted by Crippen LogP contribution is 2.69. The van der Waals surface area contributed by atoms with E-state index in [1.54, 1.807) is 11.1 Å². The second-order valence-corrected chi connectivity index (χ2v) is 18.1. The molecule has 1 heterocycles. The van der Waals surface area contributed by atoms with Crippen LogP contribution < -0.4 is 4.90 Å². The molecule has 0 radical (unpaired) electrons. The Morgan fingerprint density at radius 1 is 0.400 bits per heavy atom. The Kier molecular flexibility index (Phi) is 7.52. The minimum absolute atomic E-state index is 0.104. The Labute approximate surface area is 352 Å². The van der Waals surface area contributed by atoms with Gasteiger partial charge in [-0.3, -0.25) is 0 Å². The molecule has 0 unspecified atom stereocenters. The van der Waals surface area contributed by atoms with Crippen molar-refractivity contribution >= 4 is 38.9 Å². The third kappa shape index (κ3) is 4.94. The summed E-state index contributed by atoms with van der Waals surface area (Å²) in [7, 11) is 0. The standard InChI is InChI=1S/C58H46N2/c1-3-15-40(16-4-1)48-19-8-12-24-55(48)59(45-17-5-2-6-18-45)46-34-42(35-47(37-46)60-56-25-13-9-21-51(56)52-22-10-14-26-57(52)60)41-27-28-50-49-20-7-11-23-53(49)58(54(50)36-41)43-30-38-29-39(32-43)33-44(58)31-38/h1-28,34-39,43-44H,29-33H2. The normalized spacial score (nSPS) is 22.1. The summed E-state index contributed by atoms with van der Waals surface area (Å²) >= 11 is 0. The monoisotopic (exact) mass is 770 g/mol. The lowest BCUT2D eigenvalue weighted by molar-refractivity contribution is -0.0399. The lowest BCUT2D eigenvalue weighted by Crippen LogP contribution is -2.55. The Hall–Kier alpha value is -6.64. The van der Waals surface area contributed by atoms with Crippen LogP contribution in [0.1, 0.15) is 43.2 Å². The molecule has 0 amide bonds. The van der Waals surface area contributed by atoms with E-state index < -0.39 is 0 Å². The highest BCUT2D eigenvalue weighted by atomic mass is 15.1. The van der Waals surface area contributed by atoms with Gasteiger partial charge in [0.1, 0.15) is 0 Å². The smallest absolute Gasteiger partial charge is 0.0541 e. The molecule has 4 saturated carbocycles. The molecule has 288 valence electrons. The first-order valence-corrected chi connectivity index (χ1v) is 22.1. The average molecular weight is 771 g/mol. The molecule has 4 fully saturated rings. The maximum atomic E-state index is 2.65. The fraction of sp³-hybridized carbons (Fsp3) is 0.172. The first-order chi connectivity index (χ1) is 29.7. The third-order valence-electron chi connectivity index (χ3n) is 15.1. The van der Waals surface area contributed by atoms with Gasteiger partial charge in [0.05, 0.1) is 16.7 Å². The van der Waals surface area contributed by atoms with Crippen molar-refractivity contribution in [2.75, 3.05) is 4.90 Å². The van der Waals surface area contributed by atoms with Crippen molar-refractivity contribution < 1.29 is 0 Å². The van der Waals surface area contributed by atoms with E-state index in [4.69, 9.17) is 0 Å². The fourth-order valence-corrected chi connectivity index (χ4v) is 13.1. The van der Waals surface area contributed by atoms with Crippen molar-refractivity contribution in [2.24, 2.45) is 23.7 Å². The Balaban J connectivity index is 1.08. The van der Waals surface area contributed by atoms with Crippen LogP contribution in [0.25, 0.3) is 60.9 Å². The molecule has 2 nitrogen and oxygen atoms in total. The summed E-state index contributed by atoms with van der Waals surface area (Å²) in [5, 5.41) is 2.54. The summed E-state index contributed by atoms with van der Waals surface area (Å²) < 4.78 is 2.49. The predicted octanol–water partition coefficient (Wildman–Crippen LogP) is 15.3. The van der Waals surface area contributed by atoms with Gasteiger partial charge in [-0.1, -0.05) is 140 Å². The van der Waals surface area contributed by atoms with E-state index in [2.05, 4.69) is 204 Å². The highest BCUT2D eigenvalue weighted by Gasteiger charge is 2.61. The summed E-state index contributed by atoms with van der Waals surface area (Å²) in [6, 6.07) is 72.8. The van der Waals surface area contributed by atoms with E-state index in [1.807, 2.05) is 0 Å². The summed E-state index contributed by atoms with van der Waals surface area (Å²) in [5.41, 5.74) is 18.2. The van der Waals surface area contributed by atoms with Gasteiger partial charge in [0, 0.05) is 38.8 Å². The van der Waals surface area contributed by atoms with Crippen LogP contribution in [0.2, 0.25) is 0 Å². The molecular weight excluding hydrogens is 725 g/mol. The van der Waals surface area contributed by atoms with Gasteiger partial charge in [-0.05, 0) is 149 Å². The second-order valence-electron chi connectivity index (χ2n) is 18.1. The van der Waals surface area contributed by atoms with E-state index in [9.17, 15) is 0 Å². The van der Waals surface area contributed by atoms with Gasteiger partial charge in [-0.15, -0.1) is 0 Å². The quantitative estimate of drug-likeness (QED) is 0.163. The number of aromatic nitrogens is 1. The molecule has 0 aliphatic heterocycles. The van der Waals surface area contributed by atoms with Crippen LogP contribution in [-0.4, -0.2) is 4.57 Å². The van der Waals surface area contributed by atoms with Crippen LogP contribution in [0.3, 0.4) is 0 Å². The first-order valence-electron chi connectivity index (χ1n) is 22.1. The van der Waals surface area contributed by atoms with Crippen molar-refractivity contribution in [1.29, 1.82) is 0 Å². The van der Waals surface area contributed by atoms with Crippen LogP contribution in [0, 0.1) is 23.7 Å². The highest BCUT2D eigenvalue weighted by molar-refractivity contribution is 6.09. The average Bonchev–Trinajstić information content (AvgIpc) is 3.79. The second kappa shape index (κ2) is 13.2. The number of rotatable bonds is 6. The molecule has 2 heteroatoms. The van der Waals surface area contributed by atoms with Gasteiger partial charge < -0.3 is 9.47 Å². The number of anilines is 3. The van der Waals surface area contributed by atoms with Crippen LogP contribution in [0.5, 0.6) is 0 Å². The fourth-order valence-electron chi connectivity index (χ4n) is 13.1. The van der Waals surface area contributed by atoms with E-state index in [1.165, 1.54) is 87.3 Å². The minimum atomic E-state index is 0.104. The van der Waals surface area contributed by atoms with Crippen LogP contribution in [0.15, 0.2) is 194 Å². The lowest BCUT2D eigenvalue weighted by Gasteiger charge is -2.61. The topological polar surface area (TPSA) is 8.17 Å². The number of hydrogen-bond acceptors (Lipinski definition) is 1. The molecular formula is C58H46N2. The van der Waals surface area contributed by atoms with Crippen molar-refractivity contribution in [1.82, 2.24) is 4.57 Å². The predicted molar refractivity (Wildman–Crippen MR) is 250 cm³/mol. The number of benzene rings is 8. The maximum Gasteiger partial charge on any atom is 0.0541 e. The van der Waals surface area contributed by atoms with Gasteiger partial charge in [0.15, 0.2) is 0 Å². The molecule has 1 spiro atoms. The third-order valence-corrected chi connectivity index (χ3v) is 15.1. The number of hydrogen-bond donors (Lipinski definition) is 0. The van der Waals surface area contributed by atoms with Crippen molar-refractivity contribution in [3.63, 3.8) is 0 Å². The van der Waals surface area contributed by atoms with Crippen LogP contribution >= 0.6 is 0 Å². The van der Waals surface area contributed by atoms with Crippen molar-refractivity contribution in [2.45, 2.75) is 37.5 Å². The van der Waals surface area contributed by atoms with Gasteiger partial charge >= 0.3 is 0 Å². The van der Waals surface area contributed by atoms with Crippen molar-refractivity contribution in [3.8, 4) is 39.1 Å². The summed E-state index contributed by atoms with van der Waals surface area (Å²) in [4.78, 5) is 2.48. The SMILES string of the molecule is c1ccc(-c2ccccc2N(c2ccccc2)c2cc(-c3ccc4c(c3)C3(c5ccccc5-4)C4CC5CC(C4)CC3C5)cc(-n3c4ccccc4c4ccccc43)c2)cc1. The van der Waals surface area contributed by atoms with Gasteiger partial charge in [-0.25, -0.2) is 0 Å². The molecule has 4 bridgehead atoms. The zero-order valence-electron chi connectivity index (χ0n) is 33.7. The Morgan fingerprint density at radius 2 is 0.983 bits per heavy atom. The molecule has 5 aliphatic carbocycles. The summed E-state index contributed by atoms with van der Waals surface area (Å²) in [6.07, 6.45) is 6.98. The summed E-state index contributed by atoms with van der Waals surface area (Å²) in [6.45, 7) is 0. The molecule has 14 rings (SSSR count). The van der Waals surface area contributed by atoms with E-state index in [-0.39, 0.29) is 5.41 Å². The molecule has 60 heavy (non-hydrogen) atoms. The zero-order valence-corrected chi connectivity index (χ0v) is 33.7. The van der Waals surface area contributed by atoms with Gasteiger partial charge in [0.25, 0.3) is 0 Å². The maximum absolute atomic E-state index is 2.65. The number of nitrogens with zero attached hydrogens (tertiary/aromatic N) is 2. The molecule has 8 aromatic carbocycles. The molecule has 0 N–H and O–H groups in total. The first kappa shape index (κ1) is 34.2. The molecule has 9 aromatic rings.